The highest BCUT2D eigenvalue weighted by molar-refractivity contribution is 5.43. The van der Waals surface area contributed by atoms with Gasteiger partial charge in [-0.15, -0.1) is 0 Å². The molecule has 0 amide bonds. The van der Waals surface area contributed by atoms with Crippen molar-refractivity contribution in [3.05, 3.63) is 29.3 Å². The number of methoxy groups -OCH3 is 1. The van der Waals surface area contributed by atoms with E-state index in [2.05, 4.69) is 0 Å². The molecule has 19 heavy (non-hydrogen) atoms. The van der Waals surface area contributed by atoms with Gasteiger partial charge in [-0.05, 0) is 31.4 Å². The van der Waals surface area contributed by atoms with Crippen molar-refractivity contribution in [1.29, 1.82) is 0 Å². The molecule has 2 N–H and O–H groups in total. The molecular weight excluding hydrogens is 248 g/mol. The SMILES string of the molecule is COc1cc(C)ccc1C1(CN)CCC(F)(F)CC1. The van der Waals surface area contributed by atoms with Gasteiger partial charge < -0.3 is 10.5 Å². The molecule has 106 valence electrons. The second-order valence-electron chi connectivity index (χ2n) is 5.54. The molecule has 0 spiro atoms. The lowest BCUT2D eigenvalue weighted by atomic mass is 9.68. The van der Waals surface area contributed by atoms with Crippen molar-refractivity contribution in [2.45, 2.75) is 43.9 Å². The maximum Gasteiger partial charge on any atom is 0.248 e. The lowest BCUT2D eigenvalue weighted by Crippen LogP contribution is -2.42. The molecule has 0 saturated heterocycles. The predicted octanol–water partition coefficient (Wildman–Crippen LogP) is 3.41. The summed E-state index contributed by atoms with van der Waals surface area (Å²) in [4.78, 5) is 0. The topological polar surface area (TPSA) is 35.2 Å². The summed E-state index contributed by atoms with van der Waals surface area (Å²) in [7, 11) is 1.61. The van der Waals surface area contributed by atoms with Gasteiger partial charge in [0.15, 0.2) is 0 Å². The van der Waals surface area contributed by atoms with E-state index in [1.807, 2.05) is 25.1 Å². The smallest absolute Gasteiger partial charge is 0.248 e. The fourth-order valence-electron chi connectivity index (χ4n) is 2.91. The van der Waals surface area contributed by atoms with E-state index in [-0.39, 0.29) is 18.3 Å². The number of alkyl halides is 2. The Balaban J connectivity index is 2.37. The van der Waals surface area contributed by atoms with Gasteiger partial charge in [0.1, 0.15) is 5.75 Å². The van der Waals surface area contributed by atoms with Crippen LogP contribution < -0.4 is 10.5 Å². The van der Waals surface area contributed by atoms with Crippen molar-refractivity contribution in [2.75, 3.05) is 13.7 Å². The standard InChI is InChI=1S/C15H21F2NO/c1-11-3-4-12(13(9-11)19-2)14(10-18)5-7-15(16,17)8-6-14/h3-4,9H,5-8,10,18H2,1-2H3. The number of nitrogens with two attached hydrogens (primary N) is 1. The van der Waals surface area contributed by atoms with Crippen molar-refractivity contribution >= 4 is 0 Å². The highest BCUT2D eigenvalue weighted by Crippen LogP contribution is 2.47. The number of halogens is 2. The van der Waals surface area contributed by atoms with E-state index >= 15 is 0 Å². The highest BCUT2D eigenvalue weighted by atomic mass is 19.3. The van der Waals surface area contributed by atoms with Crippen LogP contribution in [0.25, 0.3) is 0 Å². The van der Waals surface area contributed by atoms with Crippen molar-refractivity contribution in [3.63, 3.8) is 0 Å². The summed E-state index contributed by atoms with van der Waals surface area (Å²) in [5.41, 5.74) is 7.61. The van der Waals surface area contributed by atoms with Crippen LogP contribution in [0.1, 0.15) is 36.8 Å². The maximum absolute atomic E-state index is 13.4. The first kappa shape index (κ1) is 14.3. The van der Waals surface area contributed by atoms with E-state index in [0.717, 1.165) is 16.9 Å². The molecule has 2 rings (SSSR count). The first-order chi connectivity index (χ1) is 8.92. The zero-order valence-corrected chi connectivity index (χ0v) is 11.5. The Morgan fingerprint density at radius 2 is 1.84 bits per heavy atom. The van der Waals surface area contributed by atoms with E-state index in [9.17, 15) is 8.78 Å². The molecule has 0 heterocycles. The molecule has 0 aliphatic heterocycles. The lowest BCUT2D eigenvalue weighted by Gasteiger charge is -2.40. The van der Waals surface area contributed by atoms with E-state index in [0.29, 0.717) is 19.4 Å². The molecular formula is C15H21F2NO. The van der Waals surface area contributed by atoms with Crippen LogP contribution in [0.4, 0.5) is 8.78 Å². The molecule has 0 radical (unpaired) electrons. The summed E-state index contributed by atoms with van der Waals surface area (Å²) in [6.45, 7) is 2.36. The molecule has 0 bridgehead atoms. The average Bonchev–Trinajstić information content (AvgIpc) is 2.40. The number of rotatable bonds is 3. The normalized spacial score (nSPS) is 21.1. The van der Waals surface area contributed by atoms with Gasteiger partial charge in [0.2, 0.25) is 5.92 Å². The monoisotopic (exact) mass is 269 g/mol. The maximum atomic E-state index is 13.4. The molecule has 1 aromatic carbocycles. The van der Waals surface area contributed by atoms with Crippen LogP contribution in [0.15, 0.2) is 18.2 Å². The molecule has 1 aromatic rings. The van der Waals surface area contributed by atoms with Gasteiger partial charge in [-0.1, -0.05) is 12.1 Å². The largest absolute Gasteiger partial charge is 0.496 e. The van der Waals surface area contributed by atoms with E-state index in [1.165, 1.54) is 0 Å². The zero-order chi connectivity index (χ0) is 14.1. The summed E-state index contributed by atoms with van der Waals surface area (Å²) in [5.74, 6) is -1.79. The second kappa shape index (κ2) is 5.08. The Kier molecular flexibility index (Phi) is 3.81. The molecule has 2 nitrogen and oxygen atoms in total. The minimum absolute atomic E-state index is 0.0960. The third-order valence-corrected chi connectivity index (χ3v) is 4.26. The molecule has 1 aliphatic rings. The fraction of sp³-hybridized carbons (Fsp3) is 0.600. The van der Waals surface area contributed by atoms with Crippen LogP contribution in [0.3, 0.4) is 0 Å². The Morgan fingerprint density at radius 3 is 2.37 bits per heavy atom. The number of ether oxygens (including phenoxy) is 1. The van der Waals surface area contributed by atoms with Gasteiger partial charge in [-0.25, -0.2) is 8.78 Å². The van der Waals surface area contributed by atoms with Gasteiger partial charge in [-0.2, -0.15) is 0 Å². The van der Waals surface area contributed by atoms with Gasteiger partial charge in [0, 0.05) is 30.4 Å². The number of hydrogen-bond acceptors (Lipinski definition) is 2. The fourth-order valence-corrected chi connectivity index (χ4v) is 2.91. The first-order valence-electron chi connectivity index (χ1n) is 6.65. The summed E-state index contributed by atoms with van der Waals surface area (Å²) in [6, 6.07) is 5.91. The van der Waals surface area contributed by atoms with E-state index in [4.69, 9.17) is 10.5 Å². The Hall–Kier alpha value is -1.16. The van der Waals surface area contributed by atoms with Gasteiger partial charge in [0.05, 0.1) is 7.11 Å². The van der Waals surface area contributed by atoms with Crippen molar-refractivity contribution < 1.29 is 13.5 Å². The quantitative estimate of drug-likeness (QED) is 0.912. The predicted molar refractivity (Wildman–Crippen MR) is 71.9 cm³/mol. The molecule has 0 unspecified atom stereocenters. The number of aryl methyl sites for hydroxylation is 1. The molecule has 1 fully saturated rings. The van der Waals surface area contributed by atoms with Crippen LogP contribution in [0.2, 0.25) is 0 Å². The average molecular weight is 269 g/mol. The van der Waals surface area contributed by atoms with Crippen LogP contribution >= 0.6 is 0 Å². The lowest BCUT2D eigenvalue weighted by molar-refractivity contribution is -0.0511. The Morgan fingerprint density at radius 1 is 1.21 bits per heavy atom. The van der Waals surface area contributed by atoms with Gasteiger partial charge in [0.25, 0.3) is 0 Å². The zero-order valence-electron chi connectivity index (χ0n) is 11.5. The van der Waals surface area contributed by atoms with E-state index in [1.54, 1.807) is 7.11 Å². The molecule has 0 aromatic heterocycles. The summed E-state index contributed by atoms with van der Waals surface area (Å²) in [5, 5.41) is 0. The van der Waals surface area contributed by atoms with Crippen LogP contribution in [0, 0.1) is 6.92 Å². The Labute approximate surface area is 112 Å². The summed E-state index contributed by atoms with van der Waals surface area (Å²) >= 11 is 0. The third-order valence-electron chi connectivity index (χ3n) is 4.26. The number of hydrogen-bond donors (Lipinski definition) is 1. The van der Waals surface area contributed by atoms with Crippen LogP contribution in [-0.2, 0) is 5.41 Å². The third kappa shape index (κ3) is 2.73. The number of benzene rings is 1. The van der Waals surface area contributed by atoms with Crippen molar-refractivity contribution in [3.8, 4) is 5.75 Å². The van der Waals surface area contributed by atoms with Crippen LogP contribution in [-0.4, -0.2) is 19.6 Å². The molecule has 1 saturated carbocycles. The molecule has 4 heteroatoms. The minimum atomic E-state index is -2.55. The van der Waals surface area contributed by atoms with Crippen molar-refractivity contribution in [1.82, 2.24) is 0 Å². The van der Waals surface area contributed by atoms with Gasteiger partial charge in [-0.3, -0.25) is 0 Å². The summed E-state index contributed by atoms with van der Waals surface area (Å²) in [6.07, 6.45) is 0.633. The Bertz CT molecular complexity index is 449. The van der Waals surface area contributed by atoms with Crippen LogP contribution in [0.5, 0.6) is 5.75 Å². The molecule has 1 aliphatic carbocycles. The first-order valence-corrected chi connectivity index (χ1v) is 6.65. The van der Waals surface area contributed by atoms with Gasteiger partial charge >= 0.3 is 0 Å². The van der Waals surface area contributed by atoms with Crippen molar-refractivity contribution in [2.24, 2.45) is 5.73 Å². The minimum Gasteiger partial charge on any atom is -0.496 e. The molecule has 0 atom stereocenters. The van der Waals surface area contributed by atoms with E-state index < -0.39 is 5.92 Å². The summed E-state index contributed by atoms with van der Waals surface area (Å²) < 4.78 is 32.2. The second-order valence-corrected chi connectivity index (χ2v) is 5.54. The highest BCUT2D eigenvalue weighted by Gasteiger charge is 2.44.